The molecule has 12 heavy (non-hydrogen) atoms. The van der Waals surface area contributed by atoms with E-state index in [-0.39, 0.29) is 56.9 Å². The summed E-state index contributed by atoms with van der Waals surface area (Å²) < 4.78 is 58.9. The van der Waals surface area contributed by atoms with E-state index in [1.807, 2.05) is 0 Å². The van der Waals surface area contributed by atoms with Gasteiger partial charge in [0.2, 0.25) is 0 Å². The average Bonchev–Trinajstić information content (AvgIpc) is 1.57. The Bertz CT molecular complexity index is 248. The van der Waals surface area contributed by atoms with Crippen LogP contribution in [0.3, 0.4) is 0 Å². The van der Waals surface area contributed by atoms with Gasteiger partial charge in [-0.1, -0.05) is 8.67 Å². The summed E-state index contributed by atoms with van der Waals surface area (Å²) in [7, 11) is -10.0. The molecule has 0 spiro atoms. The second-order valence-electron chi connectivity index (χ2n) is 0.992. The van der Waals surface area contributed by atoms with E-state index in [4.69, 9.17) is 9.11 Å². The molecule has 0 saturated carbocycles. The van der Waals surface area contributed by atoms with E-state index in [0.29, 0.717) is 0 Å². The van der Waals surface area contributed by atoms with Gasteiger partial charge in [-0.2, -0.15) is 16.8 Å². The maximum absolute atomic E-state index is 9.51. The maximum atomic E-state index is 9.51. The van der Waals surface area contributed by atoms with E-state index >= 15 is 0 Å². The van der Waals surface area contributed by atoms with Gasteiger partial charge < -0.3 is 5.48 Å². The minimum absolute atomic E-state index is 0. The minimum atomic E-state index is -5.02. The molecule has 0 aromatic carbocycles. The van der Waals surface area contributed by atoms with Crippen LogP contribution in [0.1, 0.15) is 0 Å². The van der Waals surface area contributed by atoms with E-state index in [9.17, 15) is 16.8 Å². The van der Waals surface area contributed by atoms with Crippen molar-refractivity contribution in [1.29, 1.82) is 0 Å². The first-order valence-electron chi connectivity index (χ1n) is 1.53. The van der Waals surface area contributed by atoms with Crippen molar-refractivity contribution in [2.45, 2.75) is 0 Å². The zero-order valence-corrected chi connectivity index (χ0v) is 10.4. The normalized spacial score (nSPS) is 11.2. The van der Waals surface area contributed by atoms with Crippen LogP contribution in [0.4, 0.5) is 0 Å². The molecule has 0 fully saturated rings. The van der Waals surface area contributed by atoms with Gasteiger partial charge in [0.05, 0.1) is 0 Å². The second-order valence-corrected chi connectivity index (χ2v) is 2.97. The second kappa shape index (κ2) is 6.74. The minimum Gasteiger partial charge on any atom is -0.870 e. The van der Waals surface area contributed by atoms with Crippen molar-refractivity contribution in [3.05, 3.63) is 0 Å². The molecule has 0 aliphatic rings. The van der Waals surface area contributed by atoms with Crippen molar-refractivity contribution in [1.82, 2.24) is 0 Å². The fourth-order valence-electron chi connectivity index (χ4n) is 0.0702. The SMILES string of the molecule is O=S(=O)(O)OOS(=O)(=O)O.[K+].[OH-]. The van der Waals surface area contributed by atoms with E-state index in [1.54, 1.807) is 0 Å². The fourth-order valence-corrected chi connectivity index (χ4v) is 0.632. The van der Waals surface area contributed by atoms with Crippen LogP contribution in [0.25, 0.3) is 0 Å². The first-order valence-corrected chi connectivity index (χ1v) is 4.26. The van der Waals surface area contributed by atoms with E-state index in [1.165, 1.54) is 0 Å². The quantitative estimate of drug-likeness (QED) is 0.217. The Balaban J connectivity index is -0.000000405. The van der Waals surface area contributed by atoms with E-state index in [2.05, 4.69) is 8.67 Å². The van der Waals surface area contributed by atoms with Gasteiger partial charge in [0.1, 0.15) is 0 Å². The van der Waals surface area contributed by atoms with Gasteiger partial charge in [-0.05, 0) is 0 Å². The van der Waals surface area contributed by atoms with Crippen LogP contribution in [0.2, 0.25) is 0 Å². The Morgan fingerprint density at radius 1 is 0.833 bits per heavy atom. The predicted octanol–water partition coefficient (Wildman–Crippen LogP) is -4.63. The zero-order chi connectivity index (χ0) is 8.41. The molecule has 0 radical (unpaired) electrons. The molecule has 0 aromatic rings. The van der Waals surface area contributed by atoms with Crippen LogP contribution in [-0.2, 0) is 29.5 Å². The van der Waals surface area contributed by atoms with Crippen LogP contribution in [-0.4, -0.2) is 31.4 Å². The summed E-state index contributed by atoms with van der Waals surface area (Å²) in [5.74, 6) is 0. The molecular formula is H3KO9S2. The van der Waals surface area contributed by atoms with Gasteiger partial charge in [0.15, 0.2) is 0 Å². The summed E-state index contributed by atoms with van der Waals surface area (Å²) in [5, 5.41) is 0. The molecule has 9 nitrogen and oxygen atoms in total. The molecule has 0 aliphatic carbocycles. The molecule has 0 unspecified atom stereocenters. The zero-order valence-electron chi connectivity index (χ0n) is 5.61. The van der Waals surface area contributed by atoms with Crippen molar-refractivity contribution in [2.24, 2.45) is 0 Å². The summed E-state index contributed by atoms with van der Waals surface area (Å²) in [6.45, 7) is 0. The first kappa shape index (κ1) is 19.0. The smallest absolute Gasteiger partial charge is 0.870 e. The summed E-state index contributed by atoms with van der Waals surface area (Å²) in [4.78, 5) is 0. The largest absolute Gasteiger partial charge is 1.00 e. The molecule has 0 heterocycles. The van der Waals surface area contributed by atoms with Gasteiger partial charge in [0.25, 0.3) is 0 Å². The topological polar surface area (TPSA) is 157 Å². The van der Waals surface area contributed by atoms with Crippen LogP contribution in [0, 0.1) is 0 Å². The van der Waals surface area contributed by atoms with Crippen LogP contribution in [0.15, 0.2) is 0 Å². The summed E-state index contributed by atoms with van der Waals surface area (Å²) >= 11 is 0. The van der Waals surface area contributed by atoms with Crippen molar-refractivity contribution in [2.75, 3.05) is 0 Å². The van der Waals surface area contributed by atoms with Crippen LogP contribution in [0.5, 0.6) is 0 Å². The molecule has 0 atom stereocenters. The van der Waals surface area contributed by atoms with Crippen molar-refractivity contribution in [3.8, 4) is 0 Å². The Kier molecular flexibility index (Phi) is 10.7. The maximum Gasteiger partial charge on any atom is 1.00 e. The Labute approximate surface area is 111 Å². The van der Waals surface area contributed by atoms with Crippen LogP contribution < -0.4 is 51.4 Å². The predicted molar refractivity (Wildman–Crippen MR) is 27.2 cm³/mol. The fraction of sp³-hybridized carbons (Fsp3) is 0. The Hall–Kier alpha value is 1.34. The Morgan fingerprint density at radius 2 is 1.00 bits per heavy atom. The Morgan fingerprint density at radius 3 is 1.08 bits per heavy atom. The third-order valence-electron chi connectivity index (χ3n) is 0.200. The molecule has 12 heteroatoms. The summed E-state index contributed by atoms with van der Waals surface area (Å²) in [6.07, 6.45) is 0. The molecule has 0 rings (SSSR count). The van der Waals surface area contributed by atoms with Crippen molar-refractivity contribution < 1.29 is 91.5 Å². The van der Waals surface area contributed by atoms with E-state index in [0.717, 1.165) is 0 Å². The molecule has 70 valence electrons. The third-order valence-corrected chi connectivity index (χ3v) is 0.766. The number of hydrogen-bond donors (Lipinski definition) is 2. The summed E-state index contributed by atoms with van der Waals surface area (Å²) in [5.41, 5.74) is 0. The van der Waals surface area contributed by atoms with Crippen molar-refractivity contribution >= 4 is 20.8 Å². The van der Waals surface area contributed by atoms with Gasteiger partial charge in [0, 0.05) is 0 Å². The molecule has 0 saturated heterocycles. The number of rotatable bonds is 3. The monoisotopic (exact) mass is 250 g/mol. The van der Waals surface area contributed by atoms with Crippen molar-refractivity contribution in [3.63, 3.8) is 0 Å². The van der Waals surface area contributed by atoms with Gasteiger partial charge >= 0.3 is 72.2 Å². The molecule has 3 N–H and O–H groups in total. The first-order chi connectivity index (χ1) is 4.21. The number of hydrogen-bond acceptors (Lipinski definition) is 7. The van der Waals surface area contributed by atoms with Gasteiger partial charge in [-0.25, -0.2) is 0 Å². The third kappa shape index (κ3) is 17.4. The average molecular weight is 250 g/mol. The van der Waals surface area contributed by atoms with E-state index < -0.39 is 20.8 Å². The van der Waals surface area contributed by atoms with Gasteiger partial charge in [-0.15, -0.1) is 0 Å². The van der Waals surface area contributed by atoms with Gasteiger partial charge in [-0.3, -0.25) is 9.11 Å². The standard InChI is InChI=1S/K.H2O8S2.H2O/c;1-9(2,3)7-8-10(4,5)6;/h;(H,1,2,3)(H,4,5,6);1H2/q+1;;/p-1. The molecule has 0 aromatic heterocycles. The van der Waals surface area contributed by atoms with Crippen LogP contribution >= 0.6 is 0 Å². The molecule has 0 aliphatic heterocycles. The molecular weight excluding hydrogens is 247 g/mol. The summed E-state index contributed by atoms with van der Waals surface area (Å²) in [6, 6.07) is 0. The molecule has 0 amide bonds. The molecule has 0 bridgehead atoms.